The molecule has 1 aliphatic rings. The van der Waals surface area contributed by atoms with Gasteiger partial charge in [-0.1, -0.05) is 84.7 Å². The Balaban J connectivity index is 2.12. The Morgan fingerprint density at radius 1 is 0.963 bits per heavy atom. The molecule has 3 atom stereocenters. The lowest BCUT2D eigenvalue weighted by atomic mass is 9.88. The van der Waals surface area contributed by atoms with E-state index in [1.165, 1.54) is 24.8 Å². The molecule has 3 heteroatoms. The van der Waals surface area contributed by atoms with E-state index in [-0.39, 0.29) is 11.8 Å². The molecule has 0 aromatic heterocycles. The largest absolute Gasteiger partial charge is 0.326 e. The number of hydrogen-bond donors (Lipinski definition) is 1. The SMILES string of the molecule is Cc1cccc(C)cc(NC(=O)C2CCCC(C)CC(I)CCC2)ccc1. The van der Waals surface area contributed by atoms with Gasteiger partial charge in [0.2, 0.25) is 5.91 Å². The molecule has 3 unspecified atom stereocenters. The molecule has 1 aromatic carbocycles. The van der Waals surface area contributed by atoms with Crippen molar-refractivity contribution in [3.8, 4) is 0 Å². The fraction of sp³-hybridized carbons (Fsp3) is 0.542. The van der Waals surface area contributed by atoms with Gasteiger partial charge < -0.3 is 5.32 Å². The van der Waals surface area contributed by atoms with Crippen LogP contribution in [0.5, 0.6) is 0 Å². The molecule has 0 spiro atoms. The van der Waals surface area contributed by atoms with Crippen LogP contribution >= 0.6 is 22.6 Å². The van der Waals surface area contributed by atoms with Crippen molar-refractivity contribution in [1.82, 2.24) is 0 Å². The first-order valence-electron chi connectivity index (χ1n) is 10.3. The third kappa shape index (κ3) is 8.63. The third-order valence-corrected chi connectivity index (χ3v) is 6.48. The van der Waals surface area contributed by atoms with Crippen molar-refractivity contribution in [3.63, 3.8) is 0 Å². The lowest BCUT2D eigenvalue weighted by molar-refractivity contribution is -0.120. The number of carbonyl (C=O) groups is 1. The van der Waals surface area contributed by atoms with E-state index < -0.39 is 0 Å². The normalized spacial score (nSPS) is 23.8. The molecule has 148 valence electrons. The average molecular weight is 479 g/mol. The van der Waals surface area contributed by atoms with Crippen LogP contribution in [0.4, 0.5) is 5.69 Å². The Labute approximate surface area is 179 Å². The Kier molecular flexibility index (Phi) is 9.60. The molecule has 0 heterocycles. The van der Waals surface area contributed by atoms with Crippen LogP contribution in [0, 0.1) is 25.7 Å². The first kappa shape index (κ1) is 22.2. The summed E-state index contributed by atoms with van der Waals surface area (Å²) in [4.78, 5) is 13.0. The van der Waals surface area contributed by atoms with Gasteiger partial charge in [0.15, 0.2) is 0 Å². The number of alkyl halides is 1. The van der Waals surface area contributed by atoms with E-state index in [9.17, 15) is 4.79 Å². The van der Waals surface area contributed by atoms with Crippen LogP contribution in [-0.4, -0.2) is 9.83 Å². The number of aryl methyl sites for hydroxylation is 2. The topological polar surface area (TPSA) is 29.1 Å². The highest BCUT2D eigenvalue weighted by Crippen LogP contribution is 2.28. The highest BCUT2D eigenvalue weighted by atomic mass is 127. The lowest BCUT2D eigenvalue weighted by Gasteiger charge is -2.22. The number of hydrogen-bond acceptors (Lipinski definition) is 1. The molecule has 1 aromatic rings. The number of amides is 1. The van der Waals surface area contributed by atoms with Crippen molar-refractivity contribution in [2.24, 2.45) is 11.8 Å². The van der Waals surface area contributed by atoms with Crippen molar-refractivity contribution in [2.75, 3.05) is 5.32 Å². The zero-order chi connectivity index (χ0) is 19.6. The van der Waals surface area contributed by atoms with Crippen LogP contribution in [0.25, 0.3) is 0 Å². The van der Waals surface area contributed by atoms with Gasteiger partial charge in [-0.05, 0) is 63.1 Å². The van der Waals surface area contributed by atoms with Gasteiger partial charge in [0.25, 0.3) is 0 Å². The zero-order valence-electron chi connectivity index (χ0n) is 17.0. The fourth-order valence-electron chi connectivity index (χ4n) is 3.75. The summed E-state index contributed by atoms with van der Waals surface area (Å²) in [5, 5.41) is 3.20. The number of carbonyl (C=O) groups excluding carboxylic acids is 1. The van der Waals surface area contributed by atoms with E-state index in [1.54, 1.807) is 0 Å². The summed E-state index contributed by atoms with van der Waals surface area (Å²) >= 11 is 2.60. The molecule has 27 heavy (non-hydrogen) atoms. The summed E-state index contributed by atoms with van der Waals surface area (Å²) in [7, 11) is 0. The predicted octanol–water partition coefficient (Wildman–Crippen LogP) is 7.17. The molecule has 1 N–H and O–H groups in total. The second kappa shape index (κ2) is 11.7. The second-order valence-electron chi connectivity index (χ2n) is 8.13. The minimum atomic E-state index is 0.130. The van der Waals surface area contributed by atoms with Crippen LogP contribution < -0.4 is 5.32 Å². The van der Waals surface area contributed by atoms with E-state index in [2.05, 4.69) is 79.0 Å². The molecule has 0 aliphatic heterocycles. The number of anilines is 1. The minimum Gasteiger partial charge on any atom is -0.326 e. The monoisotopic (exact) mass is 479 g/mol. The fourth-order valence-corrected chi connectivity index (χ4v) is 5.06. The van der Waals surface area contributed by atoms with E-state index in [0.29, 0.717) is 0 Å². The number of halogens is 1. The smallest absolute Gasteiger partial charge is 0.227 e. The maximum Gasteiger partial charge on any atom is 0.227 e. The number of nitrogens with one attached hydrogen (secondary N) is 1. The van der Waals surface area contributed by atoms with Gasteiger partial charge >= 0.3 is 0 Å². The molecule has 1 aliphatic carbocycles. The van der Waals surface area contributed by atoms with Gasteiger partial charge in [-0.15, -0.1) is 0 Å². The lowest BCUT2D eigenvalue weighted by Crippen LogP contribution is -2.24. The Morgan fingerprint density at radius 3 is 2.33 bits per heavy atom. The van der Waals surface area contributed by atoms with Crippen LogP contribution in [0.15, 0.2) is 42.5 Å². The van der Waals surface area contributed by atoms with Crippen LogP contribution in [0.2, 0.25) is 0 Å². The molecule has 1 amide bonds. The summed E-state index contributed by atoms with van der Waals surface area (Å²) < 4.78 is 0.749. The van der Waals surface area contributed by atoms with Crippen molar-refractivity contribution in [1.29, 1.82) is 0 Å². The molecule has 0 bridgehead atoms. The summed E-state index contributed by atoms with van der Waals surface area (Å²) in [5.74, 6) is 1.09. The first-order chi connectivity index (χ1) is 12.9. The highest BCUT2D eigenvalue weighted by Gasteiger charge is 2.21. The molecule has 2 nitrogen and oxygen atoms in total. The highest BCUT2D eigenvalue weighted by molar-refractivity contribution is 14.1. The van der Waals surface area contributed by atoms with Gasteiger partial charge in [0, 0.05) is 15.5 Å². The quantitative estimate of drug-likeness (QED) is 0.354. The number of rotatable bonds is 2. The van der Waals surface area contributed by atoms with Gasteiger partial charge in [-0.25, -0.2) is 0 Å². The Hall–Kier alpha value is -1.10. The van der Waals surface area contributed by atoms with Crippen LogP contribution in [0.1, 0.15) is 63.0 Å². The predicted molar refractivity (Wildman–Crippen MR) is 125 cm³/mol. The van der Waals surface area contributed by atoms with Crippen molar-refractivity contribution < 1.29 is 4.79 Å². The average Bonchev–Trinajstić information content (AvgIpc) is 2.59. The van der Waals surface area contributed by atoms with E-state index in [4.69, 9.17) is 0 Å². The minimum absolute atomic E-state index is 0.130. The van der Waals surface area contributed by atoms with Gasteiger partial charge in [-0.2, -0.15) is 0 Å². The molecule has 1 fully saturated rings. The molecular weight excluding hydrogens is 445 g/mol. The molecular formula is C24H34INO. The Bertz CT molecular complexity index is 657. The Morgan fingerprint density at radius 2 is 1.59 bits per heavy atom. The van der Waals surface area contributed by atoms with Gasteiger partial charge in [0.05, 0.1) is 0 Å². The molecule has 2 rings (SSSR count). The summed E-state index contributed by atoms with van der Waals surface area (Å²) in [5.41, 5.74) is 3.21. The molecule has 0 radical (unpaired) electrons. The summed E-state index contributed by atoms with van der Waals surface area (Å²) in [6.45, 7) is 6.50. The molecule has 0 saturated heterocycles. The van der Waals surface area contributed by atoms with E-state index in [1.807, 2.05) is 12.1 Å². The van der Waals surface area contributed by atoms with Gasteiger partial charge in [0.1, 0.15) is 0 Å². The summed E-state index contributed by atoms with van der Waals surface area (Å²) in [6, 6.07) is 14.4. The maximum absolute atomic E-state index is 13.0. The zero-order valence-corrected chi connectivity index (χ0v) is 19.2. The maximum atomic E-state index is 13.0. The van der Waals surface area contributed by atoms with Crippen molar-refractivity contribution >= 4 is 34.2 Å². The second-order valence-corrected chi connectivity index (χ2v) is 9.89. The van der Waals surface area contributed by atoms with Crippen LogP contribution in [-0.2, 0) is 4.79 Å². The van der Waals surface area contributed by atoms with Crippen molar-refractivity contribution in [3.05, 3.63) is 53.6 Å². The van der Waals surface area contributed by atoms with Gasteiger partial charge in [-0.3, -0.25) is 4.79 Å². The van der Waals surface area contributed by atoms with E-state index in [0.717, 1.165) is 46.8 Å². The van der Waals surface area contributed by atoms with Crippen LogP contribution in [0.3, 0.4) is 0 Å². The van der Waals surface area contributed by atoms with Crippen molar-refractivity contribution in [2.45, 2.75) is 69.6 Å². The molecule has 1 saturated carbocycles. The van der Waals surface area contributed by atoms with E-state index >= 15 is 0 Å². The first-order valence-corrected chi connectivity index (χ1v) is 11.5. The standard InChI is InChI=1S/C24H34INO/c1-18-8-4-10-20(3)17-23(15-6-9-18)26-24(27)21-12-5-11-19(2)16-22(25)14-7-13-21/h4,6,8-10,15,17,19,21-22H,5,7,11-14,16H2,1-3H3,(H,26,27). The third-order valence-electron chi connectivity index (χ3n) is 5.35. The summed E-state index contributed by atoms with van der Waals surface area (Å²) in [6.07, 6.45) is 8.12.